The summed E-state index contributed by atoms with van der Waals surface area (Å²) in [5.41, 5.74) is -18.1. The molecule has 0 heterocycles. The van der Waals surface area contributed by atoms with Crippen molar-refractivity contribution in [3.63, 3.8) is 0 Å². The number of benzene rings is 17. The van der Waals surface area contributed by atoms with Crippen molar-refractivity contribution in [1.29, 1.82) is 0 Å². The molecular formula is C102H48BF40O3P3. The molecule has 149 heavy (non-hydrogen) atoms. The van der Waals surface area contributed by atoms with Gasteiger partial charge in [-0.25, -0.2) is 176 Å². The van der Waals surface area contributed by atoms with Crippen molar-refractivity contribution in [1.82, 2.24) is 0 Å². The second-order valence-electron chi connectivity index (χ2n) is 28.9. The molecule has 3 N–H and O–H groups in total. The maximum atomic E-state index is 13.4. The van der Waals surface area contributed by atoms with Crippen LogP contribution >= 0.6 is 23.8 Å². The molecule has 17 aromatic carbocycles. The van der Waals surface area contributed by atoms with Gasteiger partial charge < -0.3 is 15.1 Å². The molecule has 0 aliphatic carbocycles. The lowest BCUT2D eigenvalue weighted by Gasteiger charge is -2.18. The van der Waals surface area contributed by atoms with Crippen LogP contribution in [0.5, 0.6) is 0 Å². The van der Waals surface area contributed by atoms with E-state index in [0.717, 1.165) is 0 Å². The first-order chi connectivity index (χ1) is 70.5. The minimum atomic E-state index is -2.68. The van der Waals surface area contributed by atoms with Crippen molar-refractivity contribution in [3.05, 3.63) is 506 Å². The maximum Gasteiger partial charge on any atom is 0.631 e. The predicted molar refractivity (Wildman–Crippen MR) is 474 cm³/mol. The van der Waals surface area contributed by atoms with E-state index in [0.29, 0.717) is 0 Å². The Morgan fingerprint density at radius 1 is 0.101 bits per heavy atom. The van der Waals surface area contributed by atoms with Crippen LogP contribution in [0.4, 0.5) is 176 Å². The maximum absolute atomic E-state index is 13.4. The summed E-state index contributed by atoms with van der Waals surface area (Å²) in [6.45, 7) is 0. The normalized spacial score (nSPS) is 10.8. The van der Waals surface area contributed by atoms with Crippen LogP contribution in [0.25, 0.3) is 44.5 Å². The molecule has 0 spiro atoms. The summed E-state index contributed by atoms with van der Waals surface area (Å²) in [4.78, 5) is 0. The molecule has 17 aromatic rings. The van der Waals surface area contributed by atoms with Gasteiger partial charge in [-0.2, -0.15) is 0 Å². The average molecular weight is 2190 g/mol. The van der Waals surface area contributed by atoms with Crippen LogP contribution in [0.2, 0.25) is 0 Å². The first-order valence-electron chi connectivity index (χ1n) is 40.5. The molecule has 17 rings (SSSR count). The van der Waals surface area contributed by atoms with Crippen molar-refractivity contribution >= 4 is 78.8 Å². The molecule has 3 nitrogen and oxygen atoms in total. The first kappa shape index (κ1) is 116. The third kappa shape index (κ3) is 25.3. The molecule has 0 amide bonds. The zero-order chi connectivity index (χ0) is 110. The van der Waals surface area contributed by atoms with Gasteiger partial charge in [0.05, 0.1) is 44.5 Å². The zero-order valence-electron chi connectivity index (χ0n) is 72.9. The Balaban J connectivity index is 0.000000177. The lowest BCUT2D eigenvalue weighted by Crippen LogP contribution is -2.20. The van der Waals surface area contributed by atoms with Crippen LogP contribution in [0.15, 0.2) is 273 Å². The van der Waals surface area contributed by atoms with Gasteiger partial charge in [-0.1, -0.05) is 273 Å². The summed E-state index contributed by atoms with van der Waals surface area (Å²) in [5.74, 6) is -107. The smallest absolute Gasteiger partial charge is 0.402 e. The summed E-state index contributed by atoms with van der Waals surface area (Å²) >= 11 is 0. The van der Waals surface area contributed by atoms with Gasteiger partial charge in [0.15, 0.2) is 186 Å². The Kier molecular flexibility index (Phi) is 39.9. The minimum Gasteiger partial charge on any atom is -0.402 e. The van der Waals surface area contributed by atoms with Gasteiger partial charge in [0.2, 0.25) is 46.5 Å². The third-order valence-electron chi connectivity index (χ3n) is 19.8. The molecule has 0 saturated heterocycles. The van der Waals surface area contributed by atoms with Crippen LogP contribution in [-0.2, 0) is 0 Å². The molecule has 0 radical (unpaired) electrons. The number of hydrogen-bond donors (Lipinski definition) is 3. The first-order valence-corrected chi connectivity index (χ1v) is 44.6. The SMILES string of the molecule is Fc1c(F)c(F)c(-c2c(F)c(F)c(F)c(F)c2F)c(F)c1F.Fc1c(F)c(F)c(-c2c(F)c(F)c(F)c(F)c2F)c(F)c1F.Fc1c(F)c(F)c(-c2c(F)c(F)c(F)c(F)c2F)c(F)c1F.Fc1c(F)c(F)c(-c2c(F)c(F)c(F)c(F)c2F)c(F)c1F.OB(O)O.c1ccc(P(c2ccccc2)c2ccccc2)cc1.c1ccc(P(c2ccccc2)c2ccccc2)cc1.c1ccc(P(c2ccccc2)c2ccccc2)cc1. The molecule has 0 bridgehead atoms. The van der Waals surface area contributed by atoms with Crippen LogP contribution in [0, 0.1) is 233 Å². The van der Waals surface area contributed by atoms with Crippen LogP contribution in [-0.4, -0.2) is 22.4 Å². The summed E-state index contributed by atoms with van der Waals surface area (Å²) in [5, 5.41) is 34.1. The van der Waals surface area contributed by atoms with Gasteiger partial charge >= 0.3 is 7.32 Å². The van der Waals surface area contributed by atoms with Gasteiger partial charge in [-0.05, 0) is 71.5 Å². The third-order valence-corrected chi connectivity index (χ3v) is 27.1. The predicted octanol–water partition coefficient (Wildman–Crippen LogP) is 27.3. The van der Waals surface area contributed by atoms with Gasteiger partial charge in [0.25, 0.3) is 0 Å². The Labute approximate surface area is 816 Å². The Morgan fingerprint density at radius 3 is 0.215 bits per heavy atom. The van der Waals surface area contributed by atoms with E-state index in [-0.39, 0.29) is 0 Å². The van der Waals surface area contributed by atoms with Crippen LogP contribution < -0.4 is 47.7 Å². The van der Waals surface area contributed by atoms with E-state index < -0.39 is 308 Å². The highest BCUT2D eigenvalue weighted by Gasteiger charge is 2.41. The number of halogens is 40. The Hall–Kier alpha value is -14.8. The molecular weight excluding hydrogens is 2140 g/mol. The molecule has 0 atom stereocenters. The number of hydrogen-bond acceptors (Lipinski definition) is 3. The fraction of sp³-hybridized carbons (Fsp3) is 0. The Morgan fingerprint density at radius 2 is 0.154 bits per heavy atom. The van der Waals surface area contributed by atoms with Gasteiger partial charge in [0.1, 0.15) is 0 Å². The minimum absolute atomic E-state index is 0.446. The van der Waals surface area contributed by atoms with Gasteiger partial charge in [0, 0.05) is 0 Å². The van der Waals surface area contributed by atoms with Crippen molar-refractivity contribution in [3.8, 4) is 44.5 Å². The second kappa shape index (κ2) is 51.2. The summed E-state index contributed by atoms with van der Waals surface area (Å²) < 4.78 is 525. The molecule has 0 aliphatic rings. The summed E-state index contributed by atoms with van der Waals surface area (Å²) in [7, 11) is -3.50. The molecule has 0 aromatic heterocycles. The standard InChI is InChI=1S/3C18H15P.4C12F10.BH3O3/c3*1-4-10-16(11-5-1)19(17-12-6-2-7-13-17)18-14-8-3-9-15-18;4*13-3-1(4(14)8(18)11(21)7(3)17)2-5(15)9(19)12(22)10(20)6(2)16;2-1(3)4/h3*1-15H;;;;;2-4H. The lowest BCUT2D eigenvalue weighted by atomic mass is 10.0. The van der Waals surface area contributed by atoms with Crippen molar-refractivity contribution in [2.24, 2.45) is 0 Å². The average Bonchev–Trinajstić information content (AvgIpc) is 0.758. The highest BCUT2D eigenvalue weighted by atomic mass is 31.1. The number of rotatable bonds is 13. The van der Waals surface area contributed by atoms with Crippen LogP contribution in [0.1, 0.15) is 0 Å². The van der Waals surface area contributed by atoms with Crippen LogP contribution in [0.3, 0.4) is 0 Å². The van der Waals surface area contributed by atoms with E-state index >= 15 is 0 Å². The van der Waals surface area contributed by atoms with Crippen molar-refractivity contribution in [2.45, 2.75) is 0 Å². The second-order valence-corrected chi connectivity index (χ2v) is 35.6. The quantitative estimate of drug-likeness (QED) is 0.0354. The van der Waals surface area contributed by atoms with E-state index in [9.17, 15) is 176 Å². The fourth-order valence-corrected chi connectivity index (χ4v) is 20.0. The molecule has 0 fully saturated rings. The van der Waals surface area contributed by atoms with E-state index in [1.54, 1.807) is 0 Å². The fourth-order valence-electron chi connectivity index (χ4n) is 13.1. The highest BCUT2D eigenvalue weighted by Crippen LogP contribution is 2.45. The zero-order valence-corrected chi connectivity index (χ0v) is 75.5. The summed E-state index contributed by atoms with van der Waals surface area (Å²) in [6.07, 6.45) is 0. The molecule has 0 saturated carbocycles. The molecule has 0 unspecified atom stereocenters. The highest BCUT2D eigenvalue weighted by molar-refractivity contribution is 7.80. The summed E-state index contributed by atoms with van der Waals surface area (Å²) in [6, 6.07) is 97.0. The van der Waals surface area contributed by atoms with E-state index in [1.807, 2.05) is 0 Å². The largest absolute Gasteiger partial charge is 0.631 e. The van der Waals surface area contributed by atoms with E-state index in [2.05, 4.69) is 273 Å². The van der Waals surface area contributed by atoms with Crippen molar-refractivity contribution < 1.29 is 191 Å². The molecule has 0 aliphatic heterocycles. The molecule has 772 valence electrons. The van der Waals surface area contributed by atoms with Gasteiger partial charge in [-0.3, -0.25) is 0 Å². The van der Waals surface area contributed by atoms with E-state index in [1.165, 1.54) is 47.7 Å². The Bertz CT molecular complexity index is 6070. The lowest BCUT2D eigenvalue weighted by molar-refractivity contribution is 0.278. The monoisotopic (exact) mass is 2180 g/mol. The van der Waals surface area contributed by atoms with E-state index in [4.69, 9.17) is 15.1 Å². The topological polar surface area (TPSA) is 60.7 Å². The molecule has 47 heteroatoms. The van der Waals surface area contributed by atoms with Crippen molar-refractivity contribution in [2.75, 3.05) is 0 Å². The van der Waals surface area contributed by atoms with Gasteiger partial charge in [-0.15, -0.1) is 0 Å².